The Hall–Kier alpha value is -2.90. The minimum atomic E-state index is -0.814. The molecule has 6 nitrogen and oxygen atoms in total. The molecule has 7 heteroatoms. The van der Waals surface area contributed by atoms with Gasteiger partial charge in [-0.3, -0.25) is 0 Å². The molecular weight excluding hydrogens is 363 g/mol. The van der Waals surface area contributed by atoms with Gasteiger partial charge in [-0.1, -0.05) is 44.2 Å². The van der Waals surface area contributed by atoms with Gasteiger partial charge in [0.1, 0.15) is 12.4 Å². The van der Waals surface area contributed by atoms with E-state index in [0.29, 0.717) is 29.8 Å². The van der Waals surface area contributed by atoms with Crippen LogP contribution in [0.1, 0.15) is 25.1 Å². The number of benzene rings is 2. The zero-order valence-corrected chi connectivity index (χ0v) is 15.8. The van der Waals surface area contributed by atoms with Gasteiger partial charge >= 0.3 is 5.97 Å². The number of carbonyl (C=O) groups excluding carboxylic acids is 1. The van der Waals surface area contributed by atoms with Crippen LogP contribution in [0.5, 0.6) is 5.75 Å². The first kappa shape index (κ1) is 19.9. The number of halogens is 1. The number of H-pyrrole nitrogens is 1. The largest absolute Gasteiger partial charge is 0.422 e. The highest BCUT2D eigenvalue weighted by Gasteiger charge is 2.30. The minimum Gasteiger partial charge on any atom is -0.422 e. The number of rotatable bonds is 7. The fourth-order valence-electron chi connectivity index (χ4n) is 3.01. The Morgan fingerprint density at radius 3 is 2.64 bits per heavy atom. The van der Waals surface area contributed by atoms with Crippen molar-refractivity contribution in [3.8, 4) is 5.75 Å². The molecule has 0 spiro atoms. The van der Waals surface area contributed by atoms with Crippen molar-refractivity contribution in [2.45, 2.75) is 25.9 Å². The predicted molar refractivity (Wildman–Crippen MR) is 105 cm³/mol. The van der Waals surface area contributed by atoms with Crippen molar-refractivity contribution in [2.24, 2.45) is 0 Å². The van der Waals surface area contributed by atoms with Gasteiger partial charge in [-0.2, -0.15) is 0 Å². The molecule has 1 heterocycles. The van der Waals surface area contributed by atoms with Gasteiger partial charge in [-0.15, -0.1) is 0 Å². The molecule has 0 amide bonds. The molecule has 0 bridgehead atoms. The lowest BCUT2D eigenvalue weighted by Crippen LogP contribution is -2.26. The summed E-state index contributed by atoms with van der Waals surface area (Å²) >= 11 is 0. The SMILES string of the molecule is CC(C)(COCc1ccccc1)c1[nH]c2cc(F)c(N)cc2c1OC(=O)CO. The number of aliphatic hydroxyl groups excluding tert-OH is 1. The molecule has 0 radical (unpaired) electrons. The van der Waals surface area contributed by atoms with Crippen LogP contribution in [-0.4, -0.2) is 29.3 Å². The van der Waals surface area contributed by atoms with E-state index in [-0.39, 0.29) is 11.4 Å². The third kappa shape index (κ3) is 4.16. The van der Waals surface area contributed by atoms with Crippen molar-refractivity contribution in [3.63, 3.8) is 0 Å². The summed E-state index contributed by atoms with van der Waals surface area (Å²) in [5, 5.41) is 9.54. The number of aliphatic hydroxyl groups is 1. The second kappa shape index (κ2) is 8.00. The van der Waals surface area contributed by atoms with E-state index in [2.05, 4.69) is 4.98 Å². The molecule has 0 fully saturated rings. The molecule has 2 aromatic carbocycles. The van der Waals surface area contributed by atoms with Crippen LogP contribution in [0.2, 0.25) is 0 Å². The van der Waals surface area contributed by atoms with E-state index in [9.17, 15) is 9.18 Å². The van der Waals surface area contributed by atoms with E-state index < -0.39 is 23.8 Å². The number of carbonyl (C=O) groups is 1. The van der Waals surface area contributed by atoms with Gasteiger partial charge < -0.3 is 25.3 Å². The van der Waals surface area contributed by atoms with E-state index in [0.717, 1.165) is 5.56 Å². The fraction of sp³-hybridized carbons (Fsp3) is 0.286. The molecule has 0 aliphatic heterocycles. The molecule has 0 aliphatic carbocycles. The van der Waals surface area contributed by atoms with Crippen LogP contribution < -0.4 is 10.5 Å². The van der Waals surface area contributed by atoms with Gasteiger partial charge in [-0.25, -0.2) is 9.18 Å². The Kier molecular flexibility index (Phi) is 5.67. The van der Waals surface area contributed by atoms with Crippen molar-refractivity contribution in [3.05, 3.63) is 59.5 Å². The number of anilines is 1. The summed E-state index contributed by atoms with van der Waals surface area (Å²) in [5.74, 6) is -1.17. The first-order chi connectivity index (χ1) is 13.3. The van der Waals surface area contributed by atoms with E-state index in [1.807, 2.05) is 44.2 Å². The van der Waals surface area contributed by atoms with Gasteiger partial charge in [0.2, 0.25) is 0 Å². The van der Waals surface area contributed by atoms with Gasteiger partial charge in [0.15, 0.2) is 5.75 Å². The number of nitrogen functional groups attached to an aromatic ring is 1. The number of aromatic nitrogens is 1. The number of aromatic amines is 1. The molecule has 0 unspecified atom stereocenters. The quantitative estimate of drug-likeness (QED) is 0.428. The van der Waals surface area contributed by atoms with Crippen LogP contribution >= 0.6 is 0 Å². The van der Waals surface area contributed by atoms with Gasteiger partial charge in [0.05, 0.1) is 30.1 Å². The second-order valence-corrected chi connectivity index (χ2v) is 7.24. The first-order valence-electron chi connectivity index (χ1n) is 8.86. The highest BCUT2D eigenvalue weighted by atomic mass is 19.1. The number of fused-ring (bicyclic) bond motifs is 1. The highest BCUT2D eigenvalue weighted by molar-refractivity contribution is 5.93. The van der Waals surface area contributed by atoms with Crippen LogP contribution in [0, 0.1) is 5.82 Å². The summed E-state index contributed by atoms with van der Waals surface area (Å²) in [6, 6.07) is 12.4. The van der Waals surface area contributed by atoms with E-state index >= 15 is 0 Å². The molecule has 28 heavy (non-hydrogen) atoms. The molecule has 148 valence electrons. The lowest BCUT2D eigenvalue weighted by Gasteiger charge is -2.24. The van der Waals surface area contributed by atoms with Crippen molar-refractivity contribution in [1.82, 2.24) is 4.98 Å². The Morgan fingerprint density at radius 2 is 1.96 bits per heavy atom. The standard InChI is InChI=1S/C21H23FN2O4/c1-21(2,12-27-11-13-6-4-3-5-7-13)20-19(28-18(26)10-25)14-8-16(23)15(22)9-17(14)24-20/h3-9,24-25H,10-12,23H2,1-2H3. The highest BCUT2D eigenvalue weighted by Crippen LogP contribution is 2.39. The topological polar surface area (TPSA) is 97.6 Å². The lowest BCUT2D eigenvalue weighted by atomic mass is 9.89. The summed E-state index contributed by atoms with van der Waals surface area (Å²) in [5.41, 5.74) is 7.07. The maximum absolute atomic E-state index is 13.9. The monoisotopic (exact) mass is 386 g/mol. The summed E-state index contributed by atoms with van der Waals surface area (Å²) < 4.78 is 25.1. The number of hydrogen-bond donors (Lipinski definition) is 3. The lowest BCUT2D eigenvalue weighted by molar-refractivity contribution is -0.137. The number of nitrogens with one attached hydrogen (secondary N) is 1. The third-order valence-electron chi connectivity index (χ3n) is 4.46. The maximum atomic E-state index is 13.9. The number of ether oxygens (including phenoxy) is 2. The zero-order chi connectivity index (χ0) is 20.3. The Bertz CT molecular complexity index is 983. The maximum Gasteiger partial charge on any atom is 0.337 e. The summed E-state index contributed by atoms with van der Waals surface area (Å²) in [7, 11) is 0. The van der Waals surface area contributed by atoms with Gasteiger partial charge in [-0.05, 0) is 11.6 Å². The molecule has 0 atom stereocenters. The molecule has 0 aliphatic rings. The van der Waals surface area contributed by atoms with Crippen LogP contribution in [0.15, 0.2) is 42.5 Å². The van der Waals surface area contributed by atoms with Gasteiger partial charge in [0.25, 0.3) is 0 Å². The number of nitrogens with two attached hydrogens (primary N) is 1. The Morgan fingerprint density at radius 1 is 1.25 bits per heavy atom. The molecule has 0 saturated carbocycles. The van der Waals surface area contributed by atoms with Crippen molar-refractivity contribution < 1.29 is 23.8 Å². The average Bonchev–Trinajstić information content (AvgIpc) is 3.01. The van der Waals surface area contributed by atoms with Crippen molar-refractivity contribution >= 4 is 22.6 Å². The normalized spacial score (nSPS) is 11.7. The molecule has 3 rings (SSSR count). The predicted octanol–water partition coefficient (Wildman–Crippen LogP) is 3.28. The fourth-order valence-corrected chi connectivity index (χ4v) is 3.01. The molecule has 0 saturated heterocycles. The number of hydrogen-bond acceptors (Lipinski definition) is 5. The molecule has 4 N–H and O–H groups in total. The zero-order valence-electron chi connectivity index (χ0n) is 15.8. The molecule has 3 aromatic rings. The Balaban J connectivity index is 1.92. The van der Waals surface area contributed by atoms with E-state index in [1.54, 1.807) is 0 Å². The first-order valence-corrected chi connectivity index (χ1v) is 8.86. The molecular formula is C21H23FN2O4. The van der Waals surface area contributed by atoms with E-state index in [1.165, 1.54) is 12.1 Å². The van der Waals surface area contributed by atoms with E-state index in [4.69, 9.17) is 20.3 Å². The summed E-state index contributed by atoms with van der Waals surface area (Å²) in [4.78, 5) is 14.8. The average molecular weight is 386 g/mol. The van der Waals surface area contributed by atoms with Gasteiger partial charge in [0, 0.05) is 16.9 Å². The second-order valence-electron chi connectivity index (χ2n) is 7.24. The number of esters is 1. The smallest absolute Gasteiger partial charge is 0.337 e. The van der Waals surface area contributed by atoms with Crippen molar-refractivity contribution in [2.75, 3.05) is 18.9 Å². The summed E-state index contributed by atoms with van der Waals surface area (Å²) in [6.07, 6.45) is 0. The van der Waals surface area contributed by atoms with Crippen LogP contribution in [0.4, 0.5) is 10.1 Å². The van der Waals surface area contributed by atoms with Crippen LogP contribution in [0.25, 0.3) is 10.9 Å². The third-order valence-corrected chi connectivity index (χ3v) is 4.46. The molecule has 1 aromatic heterocycles. The van der Waals surface area contributed by atoms with Crippen molar-refractivity contribution in [1.29, 1.82) is 0 Å². The Labute approximate surface area is 162 Å². The van der Waals surface area contributed by atoms with Crippen LogP contribution in [-0.2, 0) is 21.6 Å². The minimum absolute atomic E-state index is 0.0579. The van der Waals surface area contributed by atoms with Crippen LogP contribution in [0.3, 0.4) is 0 Å². The summed E-state index contributed by atoms with van der Waals surface area (Å²) in [6.45, 7) is 3.80.